The Morgan fingerprint density at radius 3 is 2.50 bits per heavy atom. The number of hydrogen-bond acceptors (Lipinski definition) is 3. The molecule has 2 aromatic rings. The zero-order valence-corrected chi connectivity index (χ0v) is 14.6. The summed E-state index contributed by atoms with van der Waals surface area (Å²) >= 11 is 0. The summed E-state index contributed by atoms with van der Waals surface area (Å²) in [5, 5.41) is 8.70. The van der Waals surface area contributed by atoms with Gasteiger partial charge in [0.1, 0.15) is 11.6 Å². The molecule has 3 rings (SSSR count). The van der Waals surface area contributed by atoms with E-state index in [1.807, 2.05) is 0 Å². The van der Waals surface area contributed by atoms with Crippen molar-refractivity contribution in [3.63, 3.8) is 0 Å². The lowest BCUT2D eigenvalue weighted by atomic mass is 10.0. The summed E-state index contributed by atoms with van der Waals surface area (Å²) in [7, 11) is -3.97. The zero-order chi connectivity index (χ0) is 18.9. The van der Waals surface area contributed by atoms with Crippen molar-refractivity contribution < 1.29 is 27.1 Å². The maximum atomic E-state index is 14.0. The number of aryl methyl sites for hydroxylation is 1. The van der Waals surface area contributed by atoms with Crippen molar-refractivity contribution in [3.8, 4) is 0 Å². The van der Waals surface area contributed by atoms with Gasteiger partial charge < -0.3 is 5.11 Å². The molecule has 1 aliphatic heterocycles. The Hall–Kier alpha value is -2.48. The van der Waals surface area contributed by atoms with Crippen LogP contribution in [0.4, 0.5) is 14.5 Å². The molecule has 0 spiro atoms. The second kappa shape index (κ2) is 7.03. The SMILES string of the molecule is O=C(O)CCc1ccc(S(=O)(=O)N2CCCc3c(F)cc(F)cc32)cc1. The number of halogens is 2. The summed E-state index contributed by atoms with van der Waals surface area (Å²) in [6.45, 7) is 0.138. The summed E-state index contributed by atoms with van der Waals surface area (Å²) in [5.74, 6) is -2.51. The number of fused-ring (bicyclic) bond motifs is 1. The van der Waals surface area contributed by atoms with Crippen molar-refractivity contribution in [1.82, 2.24) is 0 Å². The molecule has 1 N–H and O–H groups in total. The van der Waals surface area contributed by atoms with E-state index in [2.05, 4.69) is 0 Å². The number of hydrogen-bond donors (Lipinski definition) is 1. The van der Waals surface area contributed by atoms with Crippen molar-refractivity contribution in [2.45, 2.75) is 30.6 Å². The highest BCUT2D eigenvalue weighted by Crippen LogP contribution is 2.34. The van der Waals surface area contributed by atoms with E-state index < -0.39 is 27.6 Å². The topological polar surface area (TPSA) is 74.7 Å². The third-order valence-corrected chi connectivity index (χ3v) is 6.16. The summed E-state index contributed by atoms with van der Waals surface area (Å²) in [6, 6.07) is 7.66. The van der Waals surface area contributed by atoms with Gasteiger partial charge in [-0.15, -0.1) is 0 Å². The van der Waals surface area contributed by atoms with Gasteiger partial charge in [0.15, 0.2) is 0 Å². The molecule has 138 valence electrons. The van der Waals surface area contributed by atoms with Gasteiger partial charge in [-0.25, -0.2) is 17.2 Å². The van der Waals surface area contributed by atoms with Gasteiger partial charge in [0.2, 0.25) is 0 Å². The molecule has 1 heterocycles. The van der Waals surface area contributed by atoms with Crippen LogP contribution in [-0.2, 0) is 27.7 Å². The number of rotatable bonds is 5. The van der Waals surface area contributed by atoms with Gasteiger partial charge >= 0.3 is 5.97 Å². The van der Waals surface area contributed by atoms with Crippen LogP contribution in [0.2, 0.25) is 0 Å². The molecule has 0 saturated carbocycles. The van der Waals surface area contributed by atoms with Crippen LogP contribution in [0, 0.1) is 11.6 Å². The van der Waals surface area contributed by atoms with Gasteiger partial charge in [-0.2, -0.15) is 0 Å². The summed E-state index contributed by atoms with van der Waals surface area (Å²) in [4.78, 5) is 10.6. The number of carboxylic acid groups (broad SMARTS) is 1. The third kappa shape index (κ3) is 3.55. The van der Waals surface area contributed by atoms with Gasteiger partial charge in [0.25, 0.3) is 10.0 Å². The molecule has 8 heteroatoms. The molecule has 5 nitrogen and oxygen atoms in total. The average Bonchev–Trinajstić information content (AvgIpc) is 2.59. The van der Waals surface area contributed by atoms with Crippen LogP contribution in [0.15, 0.2) is 41.3 Å². The number of sulfonamides is 1. The van der Waals surface area contributed by atoms with Crippen LogP contribution >= 0.6 is 0 Å². The second-order valence-corrected chi connectivity index (χ2v) is 7.97. The van der Waals surface area contributed by atoms with Crippen LogP contribution in [0.5, 0.6) is 0 Å². The molecule has 26 heavy (non-hydrogen) atoms. The lowest BCUT2D eigenvalue weighted by Crippen LogP contribution is -2.36. The average molecular weight is 381 g/mol. The predicted molar refractivity (Wildman–Crippen MR) is 91.6 cm³/mol. The highest BCUT2D eigenvalue weighted by atomic mass is 32.2. The molecule has 1 aliphatic rings. The first-order valence-corrected chi connectivity index (χ1v) is 9.54. The molecule has 0 saturated heterocycles. The first kappa shape index (κ1) is 18.3. The molecule has 2 aromatic carbocycles. The Kier molecular flexibility index (Phi) is 4.95. The number of anilines is 1. The Balaban J connectivity index is 1.94. The van der Waals surface area contributed by atoms with Crippen molar-refractivity contribution in [2.24, 2.45) is 0 Å². The van der Waals surface area contributed by atoms with E-state index in [-0.39, 0.29) is 29.1 Å². The molecule has 0 unspecified atom stereocenters. The van der Waals surface area contributed by atoms with E-state index in [1.165, 1.54) is 12.1 Å². The van der Waals surface area contributed by atoms with Crippen molar-refractivity contribution in [3.05, 3.63) is 59.2 Å². The van der Waals surface area contributed by atoms with Crippen molar-refractivity contribution in [1.29, 1.82) is 0 Å². The summed E-state index contributed by atoms with van der Waals surface area (Å²) in [5.41, 5.74) is 0.922. The molecule has 0 bridgehead atoms. The van der Waals surface area contributed by atoms with E-state index in [0.717, 1.165) is 16.4 Å². The maximum Gasteiger partial charge on any atom is 0.303 e. The van der Waals surface area contributed by atoms with Crippen molar-refractivity contribution >= 4 is 21.7 Å². The van der Waals surface area contributed by atoms with Gasteiger partial charge in [-0.05, 0) is 43.0 Å². The van der Waals surface area contributed by atoms with Crippen LogP contribution in [0.3, 0.4) is 0 Å². The molecule has 0 aliphatic carbocycles. The smallest absolute Gasteiger partial charge is 0.303 e. The van der Waals surface area contributed by atoms with Crippen LogP contribution in [0.25, 0.3) is 0 Å². The maximum absolute atomic E-state index is 14.0. The fourth-order valence-electron chi connectivity index (χ4n) is 3.04. The molecule has 0 radical (unpaired) electrons. The Labute approximate surface area is 149 Å². The molecule has 0 aromatic heterocycles. The Bertz CT molecular complexity index is 942. The van der Waals surface area contributed by atoms with Crippen LogP contribution in [-0.4, -0.2) is 26.0 Å². The van der Waals surface area contributed by atoms with Gasteiger partial charge in [0.05, 0.1) is 10.6 Å². The number of carboxylic acids is 1. The van der Waals surface area contributed by atoms with Crippen LogP contribution < -0.4 is 4.31 Å². The highest BCUT2D eigenvalue weighted by molar-refractivity contribution is 7.92. The van der Waals surface area contributed by atoms with E-state index in [1.54, 1.807) is 12.1 Å². The minimum atomic E-state index is -3.97. The first-order chi connectivity index (χ1) is 12.3. The van der Waals surface area contributed by atoms with E-state index in [9.17, 15) is 22.0 Å². The number of benzene rings is 2. The van der Waals surface area contributed by atoms with Gasteiger partial charge in [-0.1, -0.05) is 12.1 Å². The molecular formula is C18H17F2NO4S. The van der Waals surface area contributed by atoms with Crippen molar-refractivity contribution in [2.75, 3.05) is 10.8 Å². The largest absolute Gasteiger partial charge is 0.481 e. The monoisotopic (exact) mass is 381 g/mol. The minimum absolute atomic E-state index is 0.00547. The predicted octanol–water partition coefficient (Wildman–Crippen LogP) is 3.12. The fourth-order valence-corrected chi connectivity index (χ4v) is 4.56. The molecule has 0 amide bonds. The van der Waals surface area contributed by atoms with Gasteiger partial charge in [0, 0.05) is 24.6 Å². The fraction of sp³-hybridized carbons (Fsp3) is 0.278. The first-order valence-electron chi connectivity index (χ1n) is 8.10. The third-order valence-electron chi connectivity index (χ3n) is 4.33. The molecular weight excluding hydrogens is 364 g/mol. The lowest BCUT2D eigenvalue weighted by molar-refractivity contribution is -0.136. The quantitative estimate of drug-likeness (QED) is 0.864. The minimum Gasteiger partial charge on any atom is -0.481 e. The standard InChI is InChI=1S/C18H17F2NO4S/c19-13-10-16(20)15-2-1-9-21(17(15)11-13)26(24,25)14-6-3-12(4-7-14)5-8-18(22)23/h3-4,6-7,10-11H,1-2,5,8-9H2,(H,22,23). The summed E-state index contributed by atoms with van der Waals surface area (Å²) < 4.78 is 54.5. The van der Waals surface area contributed by atoms with E-state index in [0.29, 0.717) is 24.8 Å². The normalized spacial score (nSPS) is 14.2. The second-order valence-electron chi connectivity index (χ2n) is 6.10. The highest BCUT2D eigenvalue weighted by Gasteiger charge is 2.31. The van der Waals surface area contributed by atoms with Gasteiger partial charge in [-0.3, -0.25) is 9.10 Å². The lowest BCUT2D eigenvalue weighted by Gasteiger charge is -2.30. The van der Waals surface area contributed by atoms with E-state index >= 15 is 0 Å². The van der Waals surface area contributed by atoms with Crippen LogP contribution in [0.1, 0.15) is 24.0 Å². The molecule has 0 atom stereocenters. The summed E-state index contributed by atoms with van der Waals surface area (Å²) in [6.07, 6.45) is 1.02. The zero-order valence-electron chi connectivity index (χ0n) is 13.8. The molecule has 0 fully saturated rings. The number of aliphatic carboxylic acids is 1. The number of nitrogens with zero attached hydrogens (tertiary/aromatic N) is 1. The van der Waals surface area contributed by atoms with E-state index in [4.69, 9.17) is 5.11 Å². The number of carbonyl (C=O) groups is 1. The Morgan fingerprint density at radius 1 is 1.15 bits per heavy atom. The Morgan fingerprint density at radius 2 is 1.85 bits per heavy atom.